The van der Waals surface area contributed by atoms with Gasteiger partial charge in [0.1, 0.15) is 0 Å². The summed E-state index contributed by atoms with van der Waals surface area (Å²) in [6.45, 7) is 10.8. The Balaban J connectivity index is 4.19. The van der Waals surface area contributed by atoms with Crippen LogP contribution in [0.4, 0.5) is 0 Å². The summed E-state index contributed by atoms with van der Waals surface area (Å²) in [4.78, 5) is 12.6. The van der Waals surface area contributed by atoms with E-state index in [4.69, 9.17) is 28.2 Å². The Morgan fingerprint density at radius 2 is 1.24 bits per heavy atom. The van der Waals surface area contributed by atoms with Gasteiger partial charge in [-0.05, 0) is 0 Å². The molecule has 0 aromatic heterocycles. The van der Waals surface area contributed by atoms with Crippen LogP contribution in [0.25, 0.3) is 0 Å². The average molecular weight is 441 g/mol. The second-order valence-corrected chi connectivity index (χ2v) is 13.2. The van der Waals surface area contributed by atoms with E-state index in [-0.39, 0.29) is 12.4 Å². The van der Waals surface area contributed by atoms with Gasteiger partial charge in [0.15, 0.2) is 0 Å². The van der Waals surface area contributed by atoms with Crippen molar-refractivity contribution >= 4 is 12.8 Å². The molecular formula is C21H45O7P. The van der Waals surface area contributed by atoms with Crippen molar-refractivity contribution in [3.05, 3.63) is 0 Å². The minimum atomic E-state index is -2.56. The summed E-state index contributed by atoms with van der Waals surface area (Å²) in [5, 5.41) is 0. The topological polar surface area (TPSA) is 72.5 Å². The van der Waals surface area contributed by atoms with Crippen molar-refractivity contribution in [3.63, 3.8) is 0 Å². The van der Waals surface area contributed by atoms with E-state index in [1.807, 2.05) is 6.92 Å². The quantitative estimate of drug-likeness (QED) is 0.200. The minimum Gasteiger partial charge on any atom is -0.382 e. The van der Waals surface area contributed by atoms with Crippen LogP contribution in [0.1, 0.15) is 40.5 Å². The molecule has 8 heteroatoms. The second kappa shape index (κ2) is 17.4. The molecule has 0 heterocycles. The van der Waals surface area contributed by atoms with Crippen LogP contribution in [-0.2, 0) is 33.0 Å². The molecule has 0 aromatic carbocycles. The summed E-state index contributed by atoms with van der Waals surface area (Å²) in [6.07, 6.45) is 4.94. The van der Waals surface area contributed by atoms with Crippen molar-refractivity contribution in [2.24, 2.45) is 0 Å². The first-order valence-corrected chi connectivity index (χ1v) is 13.9. The van der Waals surface area contributed by atoms with Gasteiger partial charge in [-0.2, -0.15) is 0 Å². The summed E-state index contributed by atoms with van der Waals surface area (Å²) in [7, 11) is 1.64. The molecular weight excluding hydrogens is 395 g/mol. The van der Waals surface area contributed by atoms with Crippen LogP contribution in [-0.4, -0.2) is 97.2 Å². The SMILES string of the molecule is CCCP(CC)(CC)(CCOCC)OC(=O)CCOCCOCCOCCOC. The van der Waals surface area contributed by atoms with Crippen molar-refractivity contribution in [2.75, 3.05) is 91.2 Å². The molecule has 0 saturated carbocycles. The van der Waals surface area contributed by atoms with Gasteiger partial charge in [0.05, 0.1) is 6.61 Å². The fourth-order valence-electron chi connectivity index (χ4n) is 3.37. The number of ether oxygens (including phenoxy) is 5. The van der Waals surface area contributed by atoms with Gasteiger partial charge in [-0.25, -0.2) is 0 Å². The second-order valence-electron chi connectivity index (χ2n) is 7.18. The van der Waals surface area contributed by atoms with Crippen LogP contribution in [0.5, 0.6) is 0 Å². The zero-order valence-electron chi connectivity index (χ0n) is 19.4. The van der Waals surface area contributed by atoms with Gasteiger partial charge in [-0.3, -0.25) is 0 Å². The van der Waals surface area contributed by atoms with Crippen LogP contribution in [0.2, 0.25) is 0 Å². The number of methoxy groups -OCH3 is 1. The molecule has 0 rings (SSSR count). The molecule has 0 aliphatic rings. The fraction of sp³-hybridized carbons (Fsp3) is 0.952. The van der Waals surface area contributed by atoms with Gasteiger partial charge in [-0.15, -0.1) is 0 Å². The van der Waals surface area contributed by atoms with E-state index >= 15 is 0 Å². The number of carbonyl (C=O) groups is 1. The Bertz CT molecular complexity index is 402. The number of hydrogen-bond donors (Lipinski definition) is 0. The van der Waals surface area contributed by atoms with Crippen LogP contribution < -0.4 is 0 Å². The van der Waals surface area contributed by atoms with Gasteiger partial charge in [0.25, 0.3) is 0 Å². The number of rotatable bonds is 21. The molecule has 0 unspecified atom stereocenters. The molecule has 0 saturated heterocycles. The summed E-state index contributed by atoms with van der Waals surface area (Å²) >= 11 is 0. The smallest absolute Gasteiger partial charge is 0.382 e. The van der Waals surface area contributed by atoms with Gasteiger partial charge >= 0.3 is 159 Å². The van der Waals surface area contributed by atoms with E-state index in [0.29, 0.717) is 59.5 Å². The first-order valence-electron chi connectivity index (χ1n) is 11.0. The van der Waals surface area contributed by atoms with E-state index in [9.17, 15) is 4.79 Å². The van der Waals surface area contributed by atoms with Gasteiger partial charge < -0.3 is 4.74 Å². The van der Waals surface area contributed by atoms with E-state index in [1.54, 1.807) is 7.11 Å². The average Bonchev–Trinajstić information content (AvgIpc) is 2.72. The van der Waals surface area contributed by atoms with E-state index in [1.165, 1.54) is 0 Å². The summed E-state index contributed by atoms with van der Waals surface area (Å²) in [5.74, 6) is -0.149. The van der Waals surface area contributed by atoms with Crippen LogP contribution in [0.15, 0.2) is 0 Å². The van der Waals surface area contributed by atoms with Crippen LogP contribution in [0.3, 0.4) is 0 Å². The molecule has 0 aromatic rings. The number of hydrogen-bond acceptors (Lipinski definition) is 7. The summed E-state index contributed by atoms with van der Waals surface area (Å²) in [5.41, 5.74) is 0. The van der Waals surface area contributed by atoms with Gasteiger partial charge in [0, 0.05) is 7.11 Å². The van der Waals surface area contributed by atoms with Crippen molar-refractivity contribution in [3.8, 4) is 0 Å². The maximum absolute atomic E-state index is 12.6. The Labute approximate surface area is 178 Å². The van der Waals surface area contributed by atoms with Crippen molar-refractivity contribution in [1.29, 1.82) is 0 Å². The van der Waals surface area contributed by atoms with Crippen LogP contribution >= 0.6 is 6.83 Å². The third-order valence-corrected chi connectivity index (χ3v) is 12.2. The predicted octanol–water partition coefficient (Wildman–Crippen LogP) is 3.57. The Hall–Kier alpha value is -0.300. The molecule has 29 heavy (non-hydrogen) atoms. The minimum absolute atomic E-state index is 0.149. The summed E-state index contributed by atoms with van der Waals surface area (Å²) < 4.78 is 33.0. The van der Waals surface area contributed by atoms with Crippen molar-refractivity contribution in [1.82, 2.24) is 0 Å². The first kappa shape index (κ1) is 28.7. The zero-order chi connectivity index (χ0) is 21.9. The molecule has 0 atom stereocenters. The van der Waals surface area contributed by atoms with Crippen molar-refractivity contribution in [2.45, 2.75) is 40.5 Å². The maximum atomic E-state index is 12.6. The molecule has 0 aliphatic heterocycles. The molecule has 176 valence electrons. The monoisotopic (exact) mass is 440 g/mol. The normalized spacial score (nSPS) is 13.2. The molecule has 7 nitrogen and oxygen atoms in total. The molecule has 0 bridgehead atoms. The predicted molar refractivity (Wildman–Crippen MR) is 120 cm³/mol. The first-order chi connectivity index (χ1) is 14.0. The van der Waals surface area contributed by atoms with Crippen LogP contribution in [0, 0.1) is 0 Å². The van der Waals surface area contributed by atoms with Gasteiger partial charge in [0.2, 0.25) is 0 Å². The Morgan fingerprint density at radius 3 is 1.72 bits per heavy atom. The fourth-order valence-corrected chi connectivity index (χ4v) is 8.13. The van der Waals surface area contributed by atoms with E-state index in [0.717, 1.165) is 31.1 Å². The molecule has 0 aliphatic carbocycles. The molecule has 0 spiro atoms. The molecule has 0 fully saturated rings. The number of carbonyl (C=O) groups excluding carboxylic acids is 1. The zero-order valence-corrected chi connectivity index (χ0v) is 20.3. The van der Waals surface area contributed by atoms with E-state index in [2.05, 4.69) is 20.8 Å². The Morgan fingerprint density at radius 1 is 0.690 bits per heavy atom. The van der Waals surface area contributed by atoms with Crippen molar-refractivity contribution < 1.29 is 33.0 Å². The molecule has 0 radical (unpaired) electrons. The summed E-state index contributed by atoms with van der Waals surface area (Å²) in [6, 6.07) is 0. The third-order valence-electron chi connectivity index (χ3n) is 5.38. The Kier molecular flexibility index (Phi) is 17.2. The molecule has 0 N–H and O–H groups in total. The molecule has 0 amide bonds. The van der Waals surface area contributed by atoms with E-state index < -0.39 is 6.83 Å². The van der Waals surface area contributed by atoms with Gasteiger partial charge in [-0.1, -0.05) is 0 Å². The third kappa shape index (κ3) is 12.2. The standard InChI is InChI=1S/C21H45O7P/c1-6-19-29(8-3,9-4,20-18-24-7-2)28-21(22)10-11-25-14-15-27-17-16-26-13-12-23-5/h6-20H2,1-5H3.